The van der Waals surface area contributed by atoms with Crippen LogP contribution in [0.2, 0.25) is 0 Å². The number of nitrogens with zero attached hydrogens (tertiary/aromatic N) is 1. The van der Waals surface area contributed by atoms with E-state index in [0.29, 0.717) is 11.6 Å². The van der Waals surface area contributed by atoms with Gasteiger partial charge in [0.1, 0.15) is 23.0 Å². The first-order chi connectivity index (χ1) is 9.98. The maximum Gasteiger partial charge on any atom is 0.187 e. The molecule has 2 aliphatic rings. The first-order valence-corrected chi connectivity index (χ1v) is 7.09. The number of ether oxygens (including phenoxy) is 1. The van der Waals surface area contributed by atoms with Gasteiger partial charge in [0, 0.05) is 11.1 Å². The summed E-state index contributed by atoms with van der Waals surface area (Å²) < 4.78 is 5.37. The maximum absolute atomic E-state index is 9.43. The molecule has 1 aromatic heterocycles. The number of allylic oxidation sites excluding steroid dienone is 2. The van der Waals surface area contributed by atoms with Crippen LogP contribution < -0.4 is 0 Å². The zero-order chi connectivity index (χ0) is 15.0. The molecule has 4 rings (SSSR count). The van der Waals surface area contributed by atoms with E-state index in [1.165, 1.54) is 5.57 Å². The molecule has 114 valence electrons. The van der Waals surface area contributed by atoms with Gasteiger partial charge in [-0.05, 0) is 45.1 Å². The van der Waals surface area contributed by atoms with Crippen molar-refractivity contribution in [2.24, 2.45) is 0 Å². The average molecular weight is 311 g/mol. The van der Waals surface area contributed by atoms with E-state index in [1.807, 2.05) is 31.2 Å². The van der Waals surface area contributed by atoms with E-state index >= 15 is 0 Å². The van der Waals surface area contributed by atoms with Crippen LogP contribution in [-0.2, 0) is 4.74 Å². The molecule has 1 aliphatic carbocycles. The Morgan fingerprint density at radius 2 is 1.95 bits per heavy atom. The number of benzene rings is 1. The third-order valence-electron chi connectivity index (χ3n) is 3.82. The Kier molecular flexibility index (Phi) is 4.77. The molecule has 2 atom stereocenters. The van der Waals surface area contributed by atoms with Crippen LogP contribution in [0.1, 0.15) is 19.5 Å². The average Bonchev–Trinajstić information content (AvgIpc) is 3.11. The van der Waals surface area contributed by atoms with E-state index in [0.717, 1.165) is 11.1 Å². The second kappa shape index (κ2) is 6.26. The lowest BCUT2D eigenvalue weighted by molar-refractivity contribution is 0.357. The van der Waals surface area contributed by atoms with Crippen LogP contribution in [0, 0.1) is 6.92 Å². The van der Waals surface area contributed by atoms with Gasteiger partial charge >= 0.3 is 0 Å². The number of aromatic hydroxyl groups is 1. The van der Waals surface area contributed by atoms with E-state index in [-0.39, 0.29) is 28.7 Å². The van der Waals surface area contributed by atoms with E-state index in [2.05, 4.69) is 37.1 Å². The number of hydrogen-bond acceptors (Lipinski definition) is 3. The number of aromatic nitrogens is 1. The fraction of sp³-hybridized carbons (Fsp3) is 0.278. The van der Waals surface area contributed by atoms with Gasteiger partial charge in [-0.2, -0.15) is 0 Å². The summed E-state index contributed by atoms with van der Waals surface area (Å²) in [6, 6.07) is 9.28. The number of aryl methyl sites for hydroxylation is 1. The van der Waals surface area contributed by atoms with Crippen LogP contribution in [0.25, 0.3) is 10.9 Å². The van der Waals surface area contributed by atoms with Crippen LogP contribution in [0.5, 0.6) is 5.75 Å². The topological polar surface area (TPSA) is 45.6 Å². The summed E-state index contributed by atoms with van der Waals surface area (Å²) in [5.74, 6) is 0.246. The van der Waals surface area contributed by atoms with Gasteiger partial charge in [0.2, 0.25) is 0 Å². The Morgan fingerprint density at radius 1 is 1.18 bits per heavy atom. The lowest BCUT2D eigenvalue weighted by atomic mass is 9.99. The van der Waals surface area contributed by atoms with E-state index in [1.54, 1.807) is 6.07 Å². The molecule has 0 radical (unpaired) electrons. The molecule has 2 unspecified atom stereocenters. The number of phenolic OH excluding ortho intramolecular Hbond substituents is 1. The molecule has 1 N–H and O–H groups in total. The first kappa shape index (κ1) is 16.8. The summed E-state index contributed by atoms with van der Waals surface area (Å²) in [5, 5.41) is 10.4. The fourth-order valence-electron chi connectivity index (χ4n) is 2.39. The first-order valence-electron chi connectivity index (χ1n) is 7.09. The zero-order valence-electron chi connectivity index (χ0n) is 12.5. The number of fused-ring (bicyclic) bond motifs is 2. The molecular formula is C18H22AlNO2. The Morgan fingerprint density at radius 3 is 2.64 bits per heavy atom. The van der Waals surface area contributed by atoms with Crippen molar-refractivity contribution in [2.75, 3.05) is 0 Å². The molecule has 1 saturated heterocycles. The van der Waals surface area contributed by atoms with Gasteiger partial charge in [-0.25, -0.2) is 4.98 Å². The van der Waals surface area contributed by atoms with Gasteiger partial charge in [-0.3, -0.25) is 0 Å². The van der Waals surface area contributed by atoms with Crippen LogP contribution in [0.3, 0.4) is 0 Å². The summed E-state index contributed by atoms with van der Waals surface area (Å²) >= 11 is 0. The van der Waals surface area contributed by atoms with E-state index in [9.17, 15) is 5.11 Å². The fourth-order valence-corrected chi connectivity index (χ4v) is 2.39. The molecule has 22 heavy (non-hydrogen) atoms. The minimum atomic E-state index is 0. The second-order valence-electron chi connectivity index (χ2n) is 5.77. The standard InChI is InChI=1S/C10H9NO.C8H10O.Al.3H/c1-7-5-6-8-3-2-4-9(12)10(8)11-7;1-6-3-4-8(2)7(5-6)9-8;;;;/h2-6,12H,1H3;3-5,7H,1-2H3;;;;. The van der Waals surface area contributed by atoms with Gasteiger partial charge in [-0.1, -0.05) is 29.8 Å². The molecule has 1 fully saturated rings. The van der Waals surface area contributed by atoms with E-state index in [4.69, 9.17) is 4.74 Å². The van der Waals surface area contributed by atoms with Crippen molar-refractivity contribution >= 4 is 28.3 Å². The lowest BCUT2D eigenvalue weighted by Gasteiger charge is -2.01. The molecular weight excluding hydrogens is 289 g/mol. The number of epoxide rings is 1. The number of hydrogen-bond donors (Lipinski definition) is 1. The van der Waals surface area contributed by atoms with Crippen LogP contribution >= 0.6 is 0 Å². The number of phenols is 1. The summed E-state index contributed by atoms with van der Waals surface area (Å²) in [4.78, 5) is 4.23. The highest BCUT2D eigenvalue weighted by Crippen LogP contribution is 2.41. The number of para-hydroxylation sites is 1. The predicted molar refractivity (Wildman–Crippen MR) is 94.3 cm³/mol. The SMILES string of the molecule is CC1=CC2OC2(C)C=C1.Cc1ccc2cccc(O)c2n1.[AlH3]. The Labute approximate surface area is 141 Å². The van der Waals surface area contributed by atoms with Crippen molar-refractivity contribution in [3.63, 3.8) is 0 Å². The molecule has 0 bridgehead atoms. The molecule has 0 spiro atoms. The van der Waals surface area contributed by atoms with Gasteiger partial charge in [0.15, 0.2) is 17.4 Å². The number of rotatable bonds is 0. The molecule has 0 saturated carbocycles. The van der Waals surface area contributed by atoms with Gasteiger partial charge in [-0.15, -0.1) is 0 Å². The van der Waals surface area contributed by atoms with Crippen molar-refractivity contribution in [3.05, 3.63) is 59.8 Å². The summed E-state index contributed by atoms with van der Waals surface area (Å²) in [6.45, 7) is 6.11. The highest BCUT2D eigenvalue weighted by molar-refractivity contribution is 5.84. The van der Waals surface area contributed by atoms with Crippen molar-refractivity contribution in [1.82, 2.24) is 4.98 Å². The third kappa shape index (κ3) is 3.41. The van der Waals surface area contributed by atoms with Crippen LogP contribution in [0.15, 0.2) is 54.1 Å². The molecule has 1 aliphatic heterocycles. The second-order valence-corrected chi connectivity index (χ2v) is 5.77. The van der Waals surface area contributed by atoms with Crippen LogP contribution in [0.4, 0.5) is 0 Å². The maximum atomic E-state index is 9.43. The molecule has 0 amide bonds. The normalized spacial score (nSPS) is 24.5. The highest BCUT2D eigenvalue weighted by Gasteiger charge is 2.49. The minimum absolute atomic E-state index is 0. The molecule has 2 heterocycles. The Balaban J connectivity index is 0.000000159. The van der Waals surface area contributed by atoms with Crippen molar-refractivity contribution in [2.45, 2.75) is 32.5 Å². The highest BCUT2D eigenvalue weighted by atomic mass is 27.0. The molecule has 4 heteroatoms. The third-order valence-corrected chi connectivity index (χ3v) is 3.82. The smallest absolute Gasteiger partial charge is 0.187 e. The minimum Gasteiger partial charge on any atom is -0.506 e. The summed E-state index contributed by atoms with van der Waals surface area (Å²) in [7, 11) is 0. The van der Waals surface area contributed by atoms with Crippen LogP contribution in [-0.4, -0.2) is 39.2 Å². The van der Waals surface area contributed by atoms with Gasteiger partial charge in [0.05, 0.1) is 0 Å². The lowest BCUT2D eigenvalue weighted by Crippen LogP contribution is -2.06. The molecule has 2 aromatic rings. The molecule has 1 aromatic carbocycles. The quantitative estimate of drug-likeness (QED) is 0.601. The zero-order valence-corrected chi connectivity index (χ0v) is 12.5. The monoisotopic (exact) mass is 311 g/mol. The van der Waals surface area contributed by atoms with Gasteiger partial charge in [0.25, 0.3) is 0 Å². The number of pyridine rings is 1. The predicted octanol–water partition coefficient (Wildman–Crippen LogP) is 2.72. The van der Waals surface area contributed by atoms with Crippen molar-refractivity contribution < 1.29 is 9.84 Å². The molecule has 3 nitrogen and oxygen atoms in total. The van der Waals surface area contributed by atoms with Gasteiger partial charge < -0.3 is 9.84 Å². The van der Waals surface area contributed by atoms with E-state index < -0.39 is 0 Å². The summed E-state index contributed by atoms with van der Waals surface area (Å²) in [6.07, 6.45) is 6.79. The summed E-state index contributed by atoms with van der Waals surface area (Å²) in [5.41, 5.74) is 2.98. The Hall–Kier alpha value is -1.60. The largest absolute Gasteiger partial charge is 0.506 e. The Bertz CT molecular complexity index is 754. The van der Waals surface area contributed by atoms with Crippen molar-refractivity contribution in [3.8, 4) is 5.75 Å². The van der Waals surface area contributed by atoms with Crippen molar-refractivity contribution in [1.29, 1.82) is 0 Å².